The number of fused-ring (bicyclic) bond motifs is 5. The predicted molar refractivity (Wildman–Crippen MR) is 109 cm³/mol. The maximum atomic E-state index is 11.3. The lowest BCUT2D eigenvalue weighted by molar-refractivity contribution is -0.429. The fourth-order valence-corrected chi connectivity index (χ4v) is 8.50. The van der Waals surface area contributed by atoms with Gasteiger partial charge in [0, 0.05) is 16.4 Å². The van der Waals surface area contributed by atoms with Gasteiger partial charge in [-0.15, -0.1) is 0 Å². The summed E-state index contributed by atoms with van der Waals surface area (Å²) in [7, 11) is 0. The summed E-state index contributed by atoms with van der Waals surface area (Å²) < 4.78 is 0.765. The maximum Gasteiger partial charge on any atom is 0.247 e. The van der Waals surface area contributed by atoms with Crippen molar-refractivity contribution in [2.45, 2.75) is 69.6 Å². The molecule has 0 spiro atoms. The second kappa shape index (κ2) is 6.35. The van der Waals surface area contributed by atoms with Crippen LogP contribution in [0.2, 0.25) is 0 Å². The molecule has 0 aromatic carbocycles. The van der Waals surface area contributed by atoms with Gasteiger partial charge < -0.3 is 0 Å². The summed E-state index contributed by atoms with van der Waals surface area (Å²) >= 11 is 2.65. The van der Waals surface area contributed by atoms with Crippen molar-refractivity contribution in [3.8, 4) is 0 Å². The highest BCUT2D eigenvalue weighted by Gasteiger charge is 2.56. The minimum atomic E-state index is -0.159. The van der Waals surface area contributed by atoms with E-state index in [0.29, 0.717) is 29.4 Å². The highest BCUT2D eigenvalue weighted by atomic mass is 127. The summed E-state index contributed by atoms with van der Waals surface area (Å²) in [6.07, 6.45) is 10.5. The predicted octanol–water partition coefficient (Wildman–Crippen LogP) is 6.16. The van der Waals surface area contributed by atoms with Crippen LogP contribution >= 0.6 is 22.6 Å². The minimum Gasteiger partial charge on any atom is -0.259 e. The fourth-order valence-electron chi connectivity index (χ4n) is 7.32. The molecule has 3 saturated carbocycles. The molecule has 0 aliphatic heterocycles. The molecule has 0 amide bonds. The first kappa shape index (κ1) is 18.0. The van der Waals surface area contributed by atoms with Crippen LogP contribution in [-0.2, 0) is 0 Å². The fraction of sp³-hybridized carbons (Fsp3) is 0.810. The van der Waals surface area contributed by atoms with E-state index in [4.69, 9.17) is 0 Å². The Morgan fingerprint density at radius 1 is 1.28 bits per heavy atom. The number of halogens is 1. The third kappa shape index (κ3) is 2.72. The van der Waals surface area contributed by atoms with Crippen LogP contribution in [0.3, 0.4) is 0 Å². The van der Waals surface area contributed by atoms with Crippen molar-refractivity contribution in [2.24, 2.45) is 35.0 Å². The number of rotatable bonds is 2. The van der Waals surface area contributed by atoms with Gasteiger partial charge in [-0.1, -0.05) is 42.0 Å². The monoisotopic (exact) mass is 455 g/mol. The van der Waals surface area contributed by atoms with E-state index in [1.165, 1.54) is 37.7 Å². The van der Waals surface area contributed by atoms with Crippen LogP contribution in [0.5, 0.6) is 0 Å². The Kier molecular flexibility index (Phi) is 4.57. The molecule has 25 heavy (non-hydrogen) atoms. The van der Waals surface area contributed by atoms with E-state index in [2.05, 4.69) is 43.4 Å². The first-order valence-corrected chi connectivity index (χ1v) is 11.3. The largest absolute Gasteiger partial charge is 0.259 e. The first-order chi connectivity index (χ1) is 11.8. The van der Waals surface area contributed by atoms with E-state index in [-0.39, 0.29) is 4.92 Å². The first-order valence-electron chi connectivity index (χ1n) is 10.0. The van der Waals surface area contributed by atoms with Gasteiger partial charge in [-0.2, -0.15) is 0 Å². The van der Waals surface area contributed by atoms with Crippen LogP contribution in [0.15, 0.2) is 22.9 Å². The molecule has 4 aliphatic rings. The lowest BCUT2D eigenvalue weighted by atomic mass is 9.51. The van der Waals surface area contributed by atoms with Gasteiger partial charge in [-0.3, -0.25) is 10.1 Å². The zero-order valence-corrected chi connectivity index (χ0v) is 17.8. The Morgan fingerprint density at radius 3 is 2.72 bits per heavy atom. The lowest BCUT2D eigenvalue weighted by Crippen LogP contribution is -2.46. The summed E-state index contributed by atoms with van der Waals surface area (Å²) in [5.74, 6) is 3.71. The highest BCUT2D eigenvalue weighted by Crippen LogP contribution is 2.64. The number of hydrogen-bond donors (Lipinski definition) is 0. The van der Waals surface area contributed by atoms with E-state index < -0.39 is 0 Å². The third-order valence-corrected chi connectivity index (χ3v) is 9.15. The third-order valence-electron chi connectivity index (χ3n) is 8.28. The van der Waals surface area contributed by atoms with Gasteiger partial charge in [0.1, 0.15) is 0 Å². The van der Waals surface area contributed by atoms with Crippen LogP contribution in [0.4, 0.5) is 0 Å². The lowest BCUT2D eigenvalue weighted by Gasteiger charge is -2.53. The average molecular weight is 455 g/mol. The van der Waals surface area contributed by atoms with Crippen LogP contribution in [0, 0.1) is 45.1 Å². The molecule has 7 atom stereocenters. The van der Waals surface area contributed by atoms with Crippen LogP contribution < -0.4 is 0 Å². The second-order valence-corrected chi connectivity index (χ2v) is 11.3. The smallest absolute Gasteiger partial charge is 0.247 e. The highest BCUT2D eigenvalue weighted by molar-refractivity contribution is 14.1. The molecule has 0 heterocycles. The summed E-state index contributed by atoms with van der Waals surface area (Å²) in [5, 5.41) is 11.3. The molecule has 0 bridgehead atoms. The zero-order valence-electron chi connectivity index (χ0n) is 15.6. The molecule has 4 rings (SSSR count). The molecule has 3 nitrogen and oxygen atoms in total. The average Bonchev–Trinajstić information content (AvgIpc) is 2.91. The van der Waals surface area contributed by atoms with E-state index in [1.54, 1.807) is 5.57 Å². The molecule has 0 aromatic rings. The number of nitro groups is 1. The van der Waals surface area contributed by atoms with Gasteiger partial charge in [0.25, 0.3) is 0 Å². The molecule has 4 aliphatic carbocycles. The van der Waals surface area contributed by atoms with E-state index in [1.807, 2.05) is 6.08 Å². The summed E-state index contributed by atoms with van der Waals surface area (Å²) in [5.41, 5.74) is 3.79. The molecule has 138 valence electrons. The van der Waals surface area contributed by atoms with Crippen LogP contribution in [0.1, 0.15) is 65.7 Å². The molecule has 5 unspecified atom stereocenters. The molecule has 0 aromatic heterocycles. The molecule has 0 radical (unpaired) electrons. The van der Waals surface area contributed by atoms with Gasteiger partial charge in [0.2, 0.25) is 5.70 Å². The van der Waals surface area contributed by atoms with Gasteiger partial charge in [-0.05, 0) is 86.0 Å². The van der Waals surface area contributed by atoms with Gasteiger partial charge >= 0.3 is 0 Å². The van der Waals surface area contributed by atoms with Crippen LogP contribution in [0.25, 0.3) is 0 Å². The molecule has 0 N–H and O–H groups in total. The van der Waals surface area contributed by atoms with E-state index >= 15 is 0 Å². The van der Waals surface area contributed by atoms with Gasteiger partial charge in [-0.25, -0.2) is 0 Å². The van der Waals surface area contributed by atoms with Gasteiger partial charge in [0.15, 0.2) is 0 Å². The standard InChI is InChI=1S/C21H30INO2/c1-12-10-15(23(24)25)11-14-4-5-16-17(20(12)14)8-9-21(3)18(13(2)22)6-7-19(16)21/h10,13-14,16-19H,4-9,11H2,1-3H3/t13?,14?,16?,17?,18-,19?,21-/m1/s1. The molecular formula is C21H30INO2. The molecule has 0 saturated heterocycles. The zero-order chi connectivity index (χ0) is 17.9. The summed E-state index contributed by atoms with van der Waals surface area (Å²) in [4.78, 5) is 11.1. The van der Waals surface area contributed by atoms with Crippen molar-refractivity contribution < 1.29 is 4.92 Å². The van der Waals surface area contributed by atoms with Gasteiger partial charge in [0.05, 0.1) is 4.92 Å². The van der Waals surface area contributed by atoms with Crippen LogP contribution in [-0.4, -0.2) is 8.85 Å². The van der Waals surface area contributed by atoms with Crippen molar-refractivity contribution in [1.29, 1.82) is 0 Å². The minimum absolute atomic E-state index is 0.159. The summed E-state index contributed by atoms with van der Waals surface area (Å²) in [6.45, 7) is 7.12. The quantitative estimate of drug-likeness (QED) is 0.217. The Hall–Kier alpha value is -0.390. The Bertz CT molecular complexity index is 652. The van der Waals surface area contributed by atoms with E-state index in [0.717, 1.165) is 28.1 Å². The molecule has 3 fully saturated rings. The normalized spacial score (nSPS) is 44.5. The Balaban J connectivity index is 1.66. The van der Waals surface area contributed by atoms with Crippen molar-refractivity contribution in [3.05, 3.63) is 33.0 Å². The second-order valence-electron chi connectivity index (χ2n) is 9.29. The number of nitrogens with zero attached hydrogens (tertiary/aromatic N) is 1. The summed E-state index contributed by atoms with van der Waals surface area (Å²) in [6, 6.07) is 0. The Labute approximate surface area is 165 Å². The van der Waals surface area contributed by atoms with Crippen molar-refractivity contribution >= 4 is 22.6 Å². The number of alkyl halides is 1. The van der Waals surface area contributed by atoms with Crippen molar-refractivity contribution in [1.82, 2.24) is 0 Å². The van der Waals surface area contributed by atoms with Crippen molar-refractivity contribution in [2.75, 3.05) is 0 Å². The van der Waals surface area contributed by atoms with E-state index in [9.17, 15) is 10.1 Å². The number of allylic oxidation sites excluding steroid dienone is 4. The molecule has 4 heteroatoms. The Morgan fingerprint density at radius 2 is 2.04 bits per heavy atom. The number of hydrogen-bond acceptors (Lipinski definition) is 2. The molecular weight excluding hydrogens is 425 g/mol. The maximum absolute atomic E-state index is 11.3. The SMILES string of the molecule is CC1=C2C(CCC3C2CC[C@@]2(C)C3CC[C@@H]2C(C)I)CC([N+](=O)[O-])=C1. The topological polar surface area (TPSA) is 43.1 Å². The van der Waals surface area contributed by atoms with Crippen molar-refractivity contribution in [3.63, 3.8) is 0 Å².